The van der Waals surface area contributed by atoms with Crippen molar-refractivity contribution in [2.75, 3.05) is 6.54 Å². The number of carbonyl (C=O) groups is 1. The van der Waals surface area contributed by atoms with Crippen LogP contribution in [0, 0.1) is 5.92 Å². The lowest BCUT2D eigenvalue weighted by Gasteiger charge is -2.05. The van der Waals surface area contributed by atoms with Gasteiger partial charge in [0.2, 0.25) is 0 Å². The number of nitrogens with one attached hydrogen (secondary N) is 1. The summed E-state index contributed by atoms with van der Waals surface area (Å²) in [5.74, 6) is -0.242. The van der Waals surface area contributed by atoms with E-state index < -0.39 is 5.97 Å². The zero-order chi connectivity index (χ0) is 9.97. The predicted molar refractivity (Wildman–Crippen MR) is 55.6 cm³/mol. The zero-order valence-corrected chi connectivity index (χ0v) is 8.59. The van der Waals surface area contributed by atoms with Gasteiger partial charge >= 0.3 is 5.97 Å². The average Bonchev–Trinajstić information content (AvgIpc) is 2.75. The summed E-state index contributed by atoms with van der Waals surface area (Å²) < 4.78 is 0. The Morgan fingerprint density at radius 3 is 3.14 bits per heavy atom. The molecule has 2 heterocycles. The Bertz CT molecular complexity index is 310. The standard InChI is InChI=1S/C10H13NO2S/c12-10(13)9-5-7(6-11-9)4-8-2-1-3-14-8/h1-3,7,9,11H,4-6H2,(H,12,13)/t7?,9-/m0/s1. The molecule has 0 saturated carbocycles. The molecule has 0 bridgehead atoms. The minimum atomic E-state index is -0.723. The second-order valence-electron chi connectivity index (χ2n) is 3.68. The first-order chi connectivity index (χ1) is 6.75. The topological polar surface area (TPSA) is 49.3 Å². The third kappa shape index (κ3) is 2.13. The molecule has 2 N–H and O–H groups in total. The Balaban J connectivity index is 1.87. The van der Waals surface area contributed by atoms with Gasteiger partial charge in [0.05, 0.1) is 0 Å². The van der Waals surface area contributed by atoms with Crippen molar-refractivity contribution < 1.29 is 9.90 Å². The number of hydrogen-bond donors (Lipinski definition) is 2. The summed E-state index contributed by atoms with van der Waals surface area (Å²) in [6.07, 6.45) is 1.77. The van der Waals surface area contributed by atoms with Gasteiger partial charge in [-0.25, -0.2) is 0 Å². The van der Waals surface area contributed by atoms with E-state index in [2.05, 4.69) is 16.8 Å². The molecular formula is C10H13NO2S. The van der Waals surface area contributed by atoms with Crippen LogP contribution in [0.3, 0.4) is 0 Å². The van der Waals surface area contributed by atoms with Gasteiger partial charge in [0.15, 0.2) is 0 Å². The van der Waals surface area contributed by atoms with Gasteiger partial charge in [-0.3, -0.25) is 4.79 Å². The fourth-order valence-corrected chi connectivity index (χ4v) is 2.69. The lowest BCUT2D eigenvalue weighted by molar-refractivity contribution is -0.139. The highest BCUT2D eigenvalue weighted by atomic mass is 32.1. The largest absolute Gasteiger partial charge is 0.480 e. The van der Waals surface area contributed by atoms with Crippen molar-refractivity contribution >= 4 is 17.3 Å². The van der Waals surface area contributed by atoms with Crippen molar-refractivity contribution in [1.82, 2.24) is 5.32 Å². The maximum Gasteiger partial charge on any atom is 0.320 e. The van der Waals surface area contributed by atoms with Crippen LogP contribution in [0.4, 0.5) is 0 Å². The molecule has 1 fully saturated rings. The van der Waals surface area contributed by atoms with Gasteiger partial charge in [-0.05, 0) is 36.8 Å². The van der Waals surface area contributed by atoms with E-state index in [9.17, 15) is 4.79 Å². The van der Waals surface area contributed by atoms with Gasteiger partial charge < -0.3 is 10.4 Å². The van der Waals surface area contributed by atoms with Crippen LogP contribution >= 0.6 is 11.3 Å². The SMILES string of the molecule is O=C(O)[C@@H]1CC(Cc2cccs2)CN1. The third-order valence-corrected chi connectivity index (χ3v) is 3.49. The van der Waals surface area contributed by atoms with E-state index in [0.29, 0.717) is 5.92 Å². The van der Waals surface area contributed by atoms with Crippen molar-refractivity contribution in [3.63, 3.8) is 0 Å². The quantitative estimate of drug-likeness (QED) is 0.793. The van der Waals surface area contributed by atoms with Crippen LogP contribution in [0.5, 0.6) is 0 Å². The number of thiophene rings is 1. The van der Waals surface area contributed by atoms with E-state index in [1.807, 2.05) is 6.07 Å². The predicted octanol–water partition coefficient (Wildman–Crippen LogP) is 1.35. The molecular weight excluding hydrogens is 198 g/mol. The Kier molecular flexibility index (Phi) is 2.84. The number of carboxylic acids is 1. The van der Waals surface area contributed by atoms with Gasteiger partial charge in [0.1, 0.15) is 6.04 Å². The molecule has 1 aliphatic rings. The summed E-state index contributed by atoms with van der Waals surface area (Å²) >= 11 is 1.74. The Labute approximate surface area is 86.8 Å². The molecule has 76 valence electrons. The zero-order valence-electron chi connectivity index (χ0n) is 7.77. The fraction of sp³-hybridized carbons (Fsp3) is 0.500. The molecule has 0 spiro atoms. The summed E-state index contributed by atoms with van der Waals surface area (Å²) in [5, 5.41) is 13.9. The molecule has 1 saturated heterocycles. The van der Waals surface area contributed by atoms with Crippen molar-refractivity contribution in [2.24, 2.45) is 5.92 Å². The van der Waals surface area contributed by atoms with Crippen LogP contribution in [0.25, 0.3) is 0 Å². The minimum absolute atomic E-state index is 0.333. The van der Waals surface area contributed by atoms with E-state index in [0.717, 1.165) is 19.4 Å². The van der Waals surface area contributed by atoms with Crippen LogP contribution in [-0.4, -0.2) is 23.7 Å². The molecule has 0 amide bonds. The number of aliphatic carboxylic acids is 1. The minimum Gasteiger partial charge on any atom is -0.480 e. The van der Waals surface area contributed by atoms with E-state index in [1.54, 1.807) is 11.3 Å². The second-order valence-corrected chi connectivity index (χ2v) is 4.72. The first kappa shape index (κ1) is 9.68. The van der Waals surface area contributed by atoms with E-state index >= 15 is 0 Å². The number of hydrogen-bond acceptors (Lipinski definition) is 3. The summed E-state index contributed by atoms with van der Waals surface area (Å²) in [7, 11) is 0. The number of carboxylic acid groups (broad SMARTS) is 1. The van der Waals surface area contributed by atoms with Gasteiger partial charge in [0, 0.05) is 4.88 Å². The molecule has 3 nitrogen and oxygen atoms in total. The maximum atomic E-state index is 10.7. The third-order valence-electron chi connectivity index (χ3n) is 2.59. The molecule has 1 aromatic heterocycles. The average molecular weight is 211 g/mol. The first-order valence-electron chi connectivity index (χ1n) is 4.74. The molecule has 0 aliphatic carbocycles. The molecule has 1 unspecified atom stereocenters. The van der Waals surface area contributed by atoms with Crippen LogP contribution in [0.1, 0.15) is 11.3 Å². The summed E-state index contributed by atoms with van der Waals surface area (Å²) in [5.41, 5.74) is 0. The van der Waals surface area contributed by atoms with Gasteiger partial charge in [-0.15, -0.1) is 11.3 Å². The van der Waals surface area contributed by atoms with Crippen LogP contribution in [0.15, 0.2) is 17.5 Å². The molecule has 1 aliphatic heterocycles. The van der Waals surface area contributed by atoms with Crippen molar-refractivity contribution in [3.8, 4) is 0 Å². The highest BCUT2D eigenvalue weighted by molar-refractivity contribution is 7.09. The Morgan fingerprint density at radius 1 is 1.71 bits per heavy atom. The lowest BCUT2D eigenvalue weighted by atomic mass is 10.0. The normalized spacial score (nSPS) is 26.6. The Morgan fingerprint density at radius 2 is 2.57 bits per heavy atom. The van der Waals surface area contributed by atoms with E-state index in [4.69, 9.17) is 5.11 Å². The van der Waals surface area contributed by atoms with Crippen LogP contribution in [-0.2, 0) is 11.2 Å². The number of rotatable bonds is 3. The van der Waals surface area contributed by atoms with Crippen molar-refractivity contribution in [3.05, 3.63) is 22.4 Å². The summed E-state index contributed by atoms with van der Waals surface area (Å²) in [4.78, 5) is 12.0. The molecule has 4 heteroatoms. The van der Waals surface area contributed by atoms with Gasteiger partial charge in [0.25, 0.3) is 0 Å². The molecule has 1 aromatic rings. The molecule has 0 radical (unpaired) electrons. The second kappa shape index (κ2) is 4.11. The monoisotopic (exact) mass is 211 g/mol. The lowest BCUT2D eigenvalue weighted by Crippen LogP contribution is -2.29. The summed E-state index contributed by atoms with van der Waals surface area (Å²) in [6, 6.07) is 3.82. The highest BCUT2D eigenvalue weighted by Crippen LogP contribution is 2.21. The van der Waals surface area contributed by atoms with E-state index in [1.165, 1.54) is 4.88 Å². The maximum absolute atomic E-state index is 10.7. The fourth-order valence-electron chi connectivity index (χ4n) is 1.87. The molecule has 14 heavy (non-hydrogen) atoms. The molecule has 2 atom stereocenters. The smallest absolute Gasteiger partial charge is 0.320 e. The van der Waals surface area contributed by atoms with Gasteiger partial charge in [-0.1, -0.05) is 6.07 Å². The van der Waals surface area contributed by atoms with Crippen molar-refractivity contribution in [1.29, 1.82) is 0 Å². The molecule has 0 aromatic carbocycles. The molecule has 2 rings (SSSR count). The van der Waals surface area contributed by atoms with Crippen LogP contribution in [0.2, 0.25) is 0 Å². The van der Waals surface area contributed by atoms with Crippen molar-refractivity contribution in [2.45, 2.75) is 18.9 Å². The highest BCUT2D eigenvalue weighted by Gasteiger charge is 2.28. The first-order valence-corrected chi connectivity index (χ1v) is 5.62. The van der Waals surface area contributed by atoms with Gasteiger partial charge in [-0.2, -0.15) is 0 Å². The van der Waals surface area contributed by atoms with E-state index in [-0.39, 0.29) is 6.04 Å². The summed E-state index contributed by atoms with van der Waals surface area (Å²) in [6.45, 7) is 0.828. The Hall–Kier alpha value is -0.870. The van der Waals surface area contributed by atoms with Crippen LogP contribution < -0.4 is 5.32 Å².